The first-order valence-corrected chi connectivity index (χ1v) is 10.7. The van der Waals surface area contributed by atoms with E-state index in [2.05, 4.69) is 0 Å². The number of piperazine rings is 1. The van der Waals surface area contributed by atoms with Crippen LogP contribution in [-0.4, -0.2) is 172 Å². The van der Waals surface area contributed by atoms with Crippen LogP contribution in [0.15, 0.2) is 0 Å². The van der Waals surface area contributed by atoms with Gasteiger partial charge in [0.05, 0.1) is 76.3 Å². The Bertz CT molecular complexity index is 871. The number of carboxylic acids is 6. The number of hydrogen-bond donors (Lipinski definition) is 6. The Hall–Kier alpha value is -3.42. The molecule has 6 N–H and O–H groups in total. The van der Waals surface area contributed by atoms with E-state index in [1.165, 1.54) is 29.4 Å². The minimum atomic E-state index is -1.36. The summed E-state index contributed by atoms with van der Waals surface area (Å²) in [6.45, 7) is -4.36. The summed E-state index contributed by atoms with van der Waals surface area (Å²) in [7, 11) is 0. The van der Waals surface area contributed by atoms with Gasteiger partial charge in [-0.3, -0.25) is 58.2 Å². The summed E-state index contributed by atoms with van der Waals surface area (Å²) < 4.78 is 0. The van der Waals surface area contributed by atoms with E-state index in [0.717, 1.165) is 0 Å². The molecule has 5 aliphatic heterocycles. The molecule has 0 amide bonds. The molecule has 0 radical (unpaired) electrons. The molecule has 18 heteroatoms. The molecule has 18 nitrogen and oxygen atoms in total. The predicted octanol–water partition coefficient (Wildman–Crippen LogP) is -4.68. The van der Waals surface area contributed by atoms with Gasteiger partial charge in [0.2, 0.25) is 0 Å². The Balaban J connectivity index is 2.00. The molecule has 36 heavy (non-hydrogen) atoms. The molecule has 198 valence electrons. The Morgan fingerprint density at radius 2 is 0.444 bits per heavy atom. The second-order valence-corrected chi connectivity index (χ2v) is 8.88. The molecule has 6 bridgehead atoms. The first-order valence-electron chi connectivity index (χ1n) is 10.7. The van der Waals surface area contributed by atoms with Crippen molar-refractivity contribution in [2.75, 3.05) is 39.3 Å². The number of aliphatic carboxylic acids is 6. The second-order valence-electron chi connectivity index (χ2n) is 8.88. The van der Waals surface area contributed by atoms with Gasteiger partial charge in [-0.2, -0.15) is 0 Å². The normalized spacial score (nSPS) is 32.7. The van der Waals surface area contributed by atoms with Crippen LogP contribution in [0.4, 0.5) is 0 Å². The number of hydrogen-bond acceptors (Lipinski definition) is 12. The predicted molar refractivity (Wildman–Crippen MR) is 109 cm³/mol. The molecule has 5 heterocycles. The van der Waals surface area contributed by atoms with Crippen LogP contribution in [0.25, 0.3) is 0 Å². The molecule has 0 aliphatic carbocycles. The summed E-state index contributed by atoms with van der Waals surface area (Å²) in [6.07, 6.45) is -7.00. The summed E-state index contributed by atoms with van der Waals surface area (Å²) in [4.78, 5) is 78.7. The van der Waals surface area contributed by atoms with Crippen molar-refractivity contribution in [3.8, 4) is 0 Å². The maximum Gasteiger partial charge on any atom is 0.317 e. The molecule has 0 spiro atoms. The monoisotopic (exact) mass is 516 g/mol. The van der Waals surface area contributed by atoms with E-state index in [-0.39, 0.29) is 0 Å². The molecule has 5 rings (SSSR count). The van der Waals surface area contributed by atoms with E-state index in [1.807, 2.05) is 0 Å². The lowest BCUT2D eigenvalue weighted by molar-refractivity contribution is -0.179. The highest BCUT2D eigenvalue weighted by atomic mass is 16.4. The number of rotatable bonds is 12. The lowest BCUT2D eigenvalue weighted by atomic mass is 10.1. The van der Waals surface area contributed by atoms with E-state index in [1.54, 1.807) is 0 Å². The topological polar surface area (TPSA) is 243 Å². The van der Waals surface area contributed by atoms with Crippen molar-refractivity contribution in [3.05, 3.63) is 0 Å². The molecule has 5 saturated heterocycles. The fourth-order valence-corrected chi connectivity index (χ4v) is 6.20. The average Bonchev–Trinajstić information content (AvgIpc) is 3.10. The molecule has 0 aromatic carbocycles. The summed E-state index contributed by atoms with van der Waals surface area (Å²) in [5, 5.41) is 57.8. The number of carbonyl (C=O) groups is 6. The van der Waals surface area contributed by atoms with Crippen LogP contribution in [0.5, 0.6) is 0 Å². The quantitative estimate of drug-likeness (QED) is 0.143. The van der Waals surface area contributed by atoms with Gasteiger partial charge in [-0.15, -0.1) is 0 Å². The lowest BCUT2D eigenvalue weighted by Crippen LogP contribution is -2.75. The van der Waals surface area contributed by atoms with Gasteiger partial charge in [0.15, 0.2) is 0 Å². The standard InChI is InChI=1S/C18H24N6O12/c25-7(26)1-19-13-14-20(2-8(27)28)17(19)18-21(3-9(29)30)15(23(13)5-11(33)34)16(22(18)4-10(31)32)24(14)6-12(35)36/h13-18H,1-6H2,(H,25,26)(H,27,28)(H,29,30)(H,31,32)(H,33,34)(H,35,36). The zero-order valence-electron chi connectivity index (χ0n) is 18.5. The van der Waals surface area contributed by atoms with Gasteiger partial charge in [0.25, 0.3) is 0 Å². The molecule has 5 aliphatic rings. The van der Waals surface area contributed by atoms with Crippen molar-refractivity contribution in [2.45, 2.75) is 37.0 Å². The van der Waals surface area contributed by atoms with E-state index >= 15 is 0 Å². The van der Waals surface area contributed by atoms with Crippen molar-refractivity contribution in [2.24, 2.45) is 0 Å². The van der Waals surface area contributed by atoms with Gasteiger partial charge in [0.1, 0.15) is 0 Å². The highest BCUT2D eigenvalue weighted by molar-refractivity contribution is 5.73. The van der Waals surface area contributed by atoms with Gasteiger partial charge in [-0.1, -0.05) is 0 Å². The van der Waals surface area contributed by atoms with Crippen molar-refractivity contribution in [1.82, 2.24) is 29.4 Å². The Morgan fingerprint density at radius 1 is 0.333 bits per heavy atom. The lowest BCUT2D eigenvalue weighted by Gasteiger charge is -2.54. The third-order valence-electron chi connectivity index (χ3n) is 6.78. The van der Waals surface area contributed by atoms with Crippen LogP contribution in [-0.2, 0) is 28.8 Å². The Labute approximate surface area is 201 Å². The first kappa shape index (κ1) is 25.7. The van der Waals surface area contributed by atoms with E-state index in [4.69, 9.17) is 0 Å². The van der Waals surface area contributed by atoms with E-state index < -0.39 is 112 Å². The summed E-state index contributed by atoms with van der Waals surface area (Å²) >= 11 is 0. The maximum atomic E-state index is 11.9. The summed E-state index contributed by atoms with van der Waals surface area (Å²) in [6, 6.07) is 0. The molecule has 0 saturated carbocycles. The summed E-state index contributed by atoms with van der Waals surface area (Å²) in [5.41, 5.74) is 0. The van der Waals surface area contributed by atoms with Crippen LogP contribution in [0.2, 0.25) is 0 Å². The molecule has 0 aromatic rings. The van der Waals surface area contributed by atoms with Crippen LogP contribution in [0.1, 0.15) is 0 Å². The third-order valence-corrected chi connectivity index (χ3v) is 6.78. The highest BCUT2D eigenvalue weighted by Gasteiger charge is 2.72. The zero-order valence-corrected chi connectivity index (χ0v) is 18.5. The van der Waals surface area contributed by atoms with Crippen LogP contribution in [0.3, 0.4) is 0 Å². The van der Waals surface area contributed by atoms with Crippen LogP contribution < -0.4 is 0 Å². The van der Waals surface area contributed by atoms with E-state index in [0.29, 0.717) is 0 Å². The molecular formula is C18H24N6O12. The first-order chi connectivity index (χ1) is 16.8. The smallest absolute Gasteiger partial charge is 0.317 e. The molecular weight excluding hydrogens is 492 g/mol. The minimum absolute atomic E-state index is 0.725. The number of carboxylic acid groups (broad SMARTS) is 6. The Morgan fingerprint density at radius 3 is 0.528 bits per heavy atom. The van der Waals surface area contributed by atoms with Crippen LogP contribution >= 0.6 is 0 Å². The average molecular weight is 516 g/mol. The van der Waals surface area contributed by atoms with Gasteiger partial charge >= 0.3 is 35.8 Å². The van der Waals surface area contributed by atoms with Gasteiger partial charge in [0, 0.05) is 0 Å². The SMILES string of the molecule is O=C(O)CN1C2C3N(CC(=O)O)C1C1N(CC(=O)O)C(C(N1CC(=O)O)N3CC(=O)O)N2CC(=O)O. The van der Waals surface area contributed by atoms with E-state index in [9.17, 15) is 59.4 Å². The fraction of sp³-hybridized carbons (Fsp3) is 0.667. The van der Waals surface area contributed by atoms with Gasteiger partial charge in [-0.25, -0.2) is 0 Å². The Kier molecular flexibility index (Phi) is 6.58. The second kappa shape index (κ2) is 9.22. The molecule has 0 aromatic heterocycles. The molecule has 0 unspecified atom stereocenters. The molecule has 0 atom stereocenters. The minimum Gasteiger partial charge on any atom is -0.480 e. The van der Waals surface area contributed by atoms with Crippen molar-refractivity contribution in [3.63, 3.8) is 0 Å². The summed E-state index contributed by atoms with van der Waals surface area (Å²) in [5.74, 6) is -8.13. The maximum absolute atomic E-state index is 11.9. The number of nitrogens with zero attached hydrogens (tertiary/aromatic N) is 6. The third kappa shape index (κ3) is 4.12. The van der Waals surface area contributed by atoms with Gasteiger partial charge < -0.3 is 30.6 Å². The highest BCUT2D eigenvalue weighted by Crippen LogP contribution is 2.51. The fourth-order valence-electron chi connectivity index (χ4n) is 6.20. The largest absolute Gasteiger partial charge is 0.480 e. The zero-order chi connectivity index (χ0) is 26.6. The molecule has 5 fully saturated rings. The van der Waals surface area contributed by atoms with Crippen LogP contribution in [0, 0.1) is 0 Å². The van der Waals surface area contributed by atoms with Gasteiger partial charge in [-0.05, 0) is 0 Å². The van der Waals surface area contributed by atoms with Crippen molar-refractivity contribution in [1.29, 1.82) is 0 Å². The van der Waals surface area contributed by atoms with Crippen molar-refractivity contribution >= 4 is 35.8 Å². The van der Waals surface area contributed by atoms with Crippen molar-refractivity contribution < 1.29 is 59.4 Å².